The van der Waals surface area contributed by atoms with Crippen molar-refractivity contribution in [2.45, 2.75) is 25.8 Å². The highest BCUT2D eigenvalue weighted by atomic mass is 19.1. The van der Waals surface area contributed by atoms with E-state index in [0.717, 1.165) is 24.1 Å². The Kier molecular flexibility index (Phi) is 2.92. The lowest BCUT2D eigenvalue weighted by Gasteiger charge is -2.31. The molecular formula is C12H15FN2O. The van der Waals surface area contributed by atoms with Crippen molar-refractivity contribution in [2.24, 2.45) is 5.73 Å². The average Bonchev–Trinajstić information content (AvgIpc) is 2.23. The number of piperidine rings is 1. The van der Waals surface area contributed by atoms with E-state index >= 15 is 0 Å². The van der Waals surface area contributed by atoms with Crippen molar-refractivity contribution < 1.29 is 9.18 Å². The van der Waals surface area contributed by atoms with Crippen LogP contribution in [0.3, 0.4) is 0 Å². The minimum absolute atomic E-state index is 0.0686. The number of benzene rings is 1. The number of rotatable bonds is 1. The van der Waals surface area contributed by atoms with Gasteiger partial charge < -0.3 is 10.6 Å². The number of nitrogens with zero attached hydrogens (tertiary/aromatic N) is 1. The van der Waals surface area contributed by atoms with Gasteiger partial charge in [-0.05, 0) is 43.5 Å². The molecule has 0 spiro atoms. The Morgan fingerprint density at radius 1 is 1.50 bits per heavy atom. The van der Waals surface area contributed by atoms with E-state index in [9.17, 15) is 9.18 Å². The van der Waals surface area contributed by atoms with Crippen LogP contribution < -0.4 is 10.6 Å². The van der Waals surface area contributed by atoms with Crippen LogP contribution in [0.2, 0.25) is 0 Å². The second kappa shape index (κ2) is 4.22. The van der Waals surface area contributed by atoms with Gasteiger partial charge in [-0.2, -0.15) is 0 Å². The van der Waals surface area contributed by atoms with Crippen LogP contribution in [0, 0.1) is 12.7 Å². The zero-order chi connectivity index (χ0) is 11.7. The lowest BCUT2D eigenvalue weighted by Crippen LogP contribution is -2.48. The third-order valence-electron chi connectivity index (χ3n) is 2.93. The van der Waals surface area contributed by atoms with Gasteiger partial charge in [0.1, 0.15) is 5.82 Å². The van der Waals surface area contributed by atoms with Crippen molar-refractivity contribution in [2.75, 3.05) is 11.4 Å². The molecule has 4 heteroatoms. The number of amides is 1. The molecule has 0 saturated carbocycles. The van der Waals surface area contributed by atoms with Crippen LogP contribution in [0.25, 0.3) is 0 Å². The monoisotopic (exact) mass is 222 g/mol. The molecule has 0 radical (unpaired) electrons. The molecule has 1 saturated heterocycles. The zero-order valence-corrected chi connectivity index (χ0v) is 9.24. The van der Waals surface area contributed by atoms with E-state index in [-0.39, 0.29) is 11.7 Å². The maximum absolute atomic E-state index is 13.0. The molecule has 1 aliphatic rings. The van der Waals surface area contributed by atoms with Gasteiger partial charge in [0.25, 0.3) is 0 Å². The van der Waals surface area contributed by atoms with Crippen molar-refractivity contribution in [1.29, 1.82) is 0 Å². The molecule has 16 heavy (non-hydrogen) atoms. The molecule has 0 bridgehead atoms. The number of nitrogens with two attached hydrogens (primary N) is 1. The van der Waals surface area contributed by atoms with Gasteiger partial charge in [0.05, 0.1) is 6.04 Å². The molecule has 2 rings (SSSR count). The van der Waals surface area contributed by atoms with Crippen molar-refractivity contribution in [3.8, 4) is 0 Å². The van der Waals surface area contributed by atoms with E-state index in [1.54, 1.807) is 17.9 Å². The molecule has 86 valence electrons. The molecule has 1 heterocycles. The van der Waals surface area contributed by atoms with Crippen LogP contribution in [-0.2, 0) is 4.79 Å². The summed E-state index contributed by atoms with van der Waals surface area (Å²) in [7, 11) is 0. The predicted octanol–water partition coefficient (Wildman–Crippen LogP) is 1.59. The summed E-state index contributed by atoms with van der Waals surface area (Å²) in [5, 5.41) is 0. The molecule has 2 N–H and O–H groups in total. The van der Waals surface area contributed by atoms with Gasteiger partial charge in [-0.3, -0.25) is 4.79 Å². The summed E-state index contributed by atoms with van der Waals surface area (Å²) in [5.74, 6) is -0.351. The topological polar surface area (TPSA) is 46.3 Å². The molecule has 1 aromatic carbocycles. The standard InChI is InChI=1S/C12H15FN2O/c1-8-7-9(13)4-5-11(8)15-6-2-3-10(14)12(15)16/h4-5,7,10H,2-3,6,14H2,1H3/t10-/m0/s1. The van der Waals surface area contributed by atoms with E-state index in [0.29, 0.717) is 6.54 Å². The summed E-state index contributed by atoms with van der Waals surface area (Å²) in [6.07, 6.45) is 1.62. The molecule has 1 fully saturated rings. The number of halogens is 1. The first kappa shape index (κ1) is 11.1. The predicted molar refractivity (Wildman–Crippen MR) is 60.7 cm³/mol. The van der Waals surface area contributed by atoms with Crippen LogP contribution in [0.5, 0.6) is 0 Å². The Bertz CT molecular complexity index is 419. The summed E-state index contributed by atoms with van der Waals surface area (Å²) >= 11 is 0. The van der Waals surface area contributed by atoms with Crippen molar-refractivity contribution in [3.05, 3.63) is 29.6 Å². The smallest absolute Gasteiger partial charge is 0.243 e. The van der Waals surface area contributed by atoms with Gasteiger partial charge >= 0.3 is 0 Å². The number of carbonyl (C=O) groups is 1. The highest BCUT2D eigenvalue weighted by Gasteiger charge is 2.27. The first-order chi connectivity index (χ1) is 7.59. The molecule has 3 nitrogen and oxygen atoms in total. The fourth-order valence-corrected chi connectivity index (χ4v) is 2.06. The minimum Gasteiger partial charge on any atom is -0.320 e. The summed E-state index contributed by atoms with van der Waals surface area (Å²) < 4.78 is 13.0. The summed E-state index contributed by atoms with van der Waals surface area (Å²) in [5.41, 5.74) is 7.25. The second-order valence-electron chi connectivity index (χ2n) is 4.17. The van der Waals surface area contributed by atoms with Gasteiger partial charge in [-0.1, -0.05) is 0 Å². The SMILES string of the molecule is Cc1cc(F)ccc1N1CCC[C@H](N)C1=O. The van der Waals surface area contributed by atoms with Crippen LogP contribution >= 0.6 is 0 Å². The number of hydrogen-bond donors (Lipinski definition) is 1. The molecule has 1 amide bonds. The maximum atomic E-state index is 13.0. The molecule has 0 unspecified atom stereocenters. The van der Waals surface area contributed by atoms with E-state index in [1.165, 1.54) is 12.1 Å². The maximum Gasteiger partial charge on any atom is 0.243 e. The highest BCUT2D eigenvalue weighted by Crippen LogP contribution is 2.24. The van der Waals surface area contributed by atoms with Crippen molar-refractivity contribution >= 4 is 11.6 Å². The van der Waals surface area contributed by atoms with E-state index < -0.39 is 6.04 Å². The zero-order valence-electron chi connectivity index (χ0n) is 9.24. The molecule has 1 aromatic rings. The Morgan fingerprint density at radius 2 is 2.25 bits per heavy atom. The summed E-state index contributed by atoms with van der Waals surface area (Å²) in [6, 6.07) is 4.03. The fraction of sp³-hybridized carbons (Fsp3) is 0.417. The van der Waals surface area contributed by atoms with Gasteiger partial charge in [-0.25, -0.2) is 4.39 Å². The largest absolute Gasteiger partial charge is 0.320 e. The van der Waals surface area contributed by atoms with E-state index in [1.807, 2.05) is 0 Å². The Hall–Kier alpha value is -1.42. The third-order valence-corrected chi connectivity index (χ3v) is 2.93. The first-order valence-corrected chi connectivity index (χ1v) is 5.42. The number of carbonyl (C=O) groups excluding carboxylic acids is 1. The van der Waals surface area contributed by atoms with Gasteiger partial charge in [-0.15, -0.1) is 0 Å². The number of hydrogen-bond acceptors (Lipinski definition) is 2. The number of anilines is 1. The van der Waals surface area contributed by atoms with Crippen molar-refractivity contribution in [1.82, 2.24) is 0 Å². The lowest BCUT2D eigenvalue weighted by molar-refractivity contribution is -0.120. The van der Waals surface area contributed by atoms with E-state index in [4.69, 9.17) is 5.73 Å². The Balaban J connectivity index is 2.32. The first-order valence-electron chi connectivity index (χ1n) is 5.42. The Labute approximate surface area is 94.0 Å². The average molecular weight is 222 g/mol. The molecule has 0 aromatic heterocycles. The third kappa shape index (κ3) is 1.93. The number of aryl methyl sites for hydroxylation is 1. The quantitative estimate of drug-likeness (QED) is 0.784. The highest BCUT2D eigenvalue weighted by molar-refractivity contribution is 5.98. The van der Waals surface area contributed by atoms with Crippen LogP contribution in [-0.4, -0.2) is 18.5 Å². The fourth-order valence-electron chi connectivity index (χ4n) is 2.06. The van der Waals surface area contributed by atoms with E-state index in [2.05, 4.69) is 0 Å². The normalized spacial score (nSPS) is 21.3. The molecule has 1 aliphatic heterocycles. The van der Waals surface area contributed by atoms with Crippen molar-refractivity contribution in [3.63, 3.8) is 0 Å². The second-order valence-corrected chi connectivity index (χ2v) is 4.17. The molecule has 1 atom stereocenters. The van der Waals surface area contributed by atoms with Crippen LogP contribution in [0.4, 0.5) is 10.1 Å². The van der Waals surface area contributed by atoms with Crippen LogP contribution in [0.1, 0.15) is 18.4 Å². The molecular weight excluding hydrogens is 207 g/mol. The molecule has 0 aliphatic carbocycles. The van der Waals surface area contributed by atoms with Crippen LogP contribution in [0.15, 0.2) is 18.2 Å². The van der Waals surface area contributed by atoms with Gasteiger partial charge in [0, 0.05) is 12.2 Å². The lowest BCUT2D eigenvalue weighted by atomic mass is 10.0. The summed E-state index contributed by atoms with van der Waals surface area (Å²) in [6.45, 7) is 2.46. The minimum atomic E-state index is -0.418. The van der Waals surface area contributed by atoms with Gasteiger partial charge in [0.2, 0.25) is 5.91 Å². The summed E-state index contributed by atoms with van der Waals surface area (Å²) in [4.78, 5) is 13.5. The Morgan fingerprint density at radius 3 is 2.94 bits per heavy atom. The van der Waals surface area contributed by atoms with Gasteiger partial charge in [0.15, 0.2) is 0 Å².